The number of hydrogen-bond acceptors (Lipinski definition) is 0. The van der Waals surface area contributed by atoms with Gasteiger partial charge in [0.2, 0.25) is 0 Å². The topological polar surface area (TPSA) is 8.81 Å². The van der Waals surface area contributed by atoms with Gasteiger partial charge in [-0.1, -0.05) is 188 Å². The Kier molecular flexibility index (Phi) is 29.5. The van der Waals surface area contributed by atoms with Crippen LogP contribution in [-0.2, 0) is 19.5 Å². The molecule has 0 aromatic carbocycles. The summed E-state index contributed by atoms with van der Waals surface area (Å²) in [7, 11) is 0. The molecule has 0 bridgehead atoms. The molecule has 2 nitrogen and oxygen atoms in total. The summed E-state index contributed by atoms with van der Waals surface area (Å²) < 4.78 is 5.24. The number of nitrogens with zero attached hydrogens (tertiary/aromatic N) is 2. The van der Waals surface area contributed by atoms with Crippen molar-refractivity contribution in [2.24, 2.45) is 0 Å². The summed E-state index contributed by atoms with van der Waals surface area (Å²) in [6, 6.07) is 0. The van der Waals surface area contributed by atoms with Crippen molar-refractivity contribution in [3.8, 4) is 0 Å². The van der Waals surface area contributed by atoms with E-state index in [0.717, 1.165) is 0 Å². The number of unbranched alkanes of at least 4 members (excludes halogenated alkanes) is 28. The summed E-state index contributed by atoms with van der Waals surface area (Å²) in [5, 5.41) is 0. The zero-order chi connectivity index (χ0) is 30.2. The van der Waals surface area contributed by atoms with Gasteiger partial charge in [0, 0.05) is 6.42 Å². The third kappa shape index (κ3) is 23.6. The third-order valence-corrected chi connectivity index (χ3v) is 9.60. The van der Waals surface area contributed by atoms with Gasteiger partial charge in [-0.2, -0.15) is 0 Å². The minimum absolute atomic E-state index is 1.23. The molecule has 0 unspecified atom stereocenters. The fraction of sp³-hybridized carbons (Fsp3) is 0.925. The van der Waals surface area contributed by atoms with Gasteiger partial charge in [-0.3, -0.25) is 0 Å². The third-order valence-electron chi connectivity index (χ3n) is 9.60. The fourth-order valence-corrected chi connectivity index (χ4v) is 6.68. The van der Waals surface area contributed by atoms with E-state index < -0.39 is 0 Å². The molecule has 1 heterocycles. The molecule has 248 valence electrons. The highest BCUT2D eigenvalue weighted by Crippen LogP contribution is 2.15. The van der Waals surface area contributed by atoms with E-state index in [1.807, 2.05) is 0 Å². The van der Waals surface area contributed by atoms with Gasteiger partial charge in [0.05, 0.1) is 13.1 Å². The molecule has 0 N–H and O–H groups in total. The van der Waals surface area contributed by atoms with Crippen molar-refractivity contribution >= 4 is 0 Å². The second-order valence-corrected chi connectivity index (χ2v) is 13.8. The van der Waals surface area contributed by atoms with Gasteiger partial charge in [-0.15, -0.1) is 0 Å². The van der Waals surface area contributed by atoms with Gasteiger partial charge < -0.3 is 0 Å². The van der Waals surface area contributed by atoms with Crippen LogP contribution in [0.15, 0.2) is 12.4 Å². The average Bonchev–Trinajstić information content (AvgIpc) is 3.38. The Bertz CT molecular complexity index is 648. The van der Waals surface area contributed by atoms with Gasteiger partial charge in [-0.05, 0) is 32.1 Å². The molecule has 42 heavy (non-hydrogen) atoms. The first-order chi connectivity index (χ1) is 20.8. The standard InChI is InChI=1S/C40H79N2/c1-4-7-10-13-15-17-19-20-21-22-23-25-27-29-31-34-37-42-39-38-41(40(42)35-32-12-9-6-3)36-33-30-28-26-24-18-16-14-11-8-5-2/h38-39H,4-37H2,1-3H3/q+1. The molecule has 0 fully saturated rings. The minimum atomic E-state index is 1.23. The number of hydrogen-bond donors (Lipinski definition) is 0. The number of aryl methyl sites for hydroxylation is 2. The van der Waals surface area contributed by atoms with Crippen molar-refractivity contribution in [1.29, 1.82) is 0 Å². The summed E-state index contributed by atoms with van der Waals surface area (Å²) in [6.45, 7) is 9.40. The molecule has 1 rings (SSSR count). The molecule has 0 spiro atoms. The maximum absolute atomic E-state index is 2.62. The van der Waals surface area contributed by atoms with Gasteiger partial charge in [0.1, 0.15) is 12.4 Å². The van der Waals surface area contributed by atoms with Crippen LogP contribution in [0.25, 0.3) is 0 Å². The molecule has 0 saturated carbocycles. The van der Waals surface area contributed by atoms with Crippen molar-refractivity contribution in [2.75, 3.05) is 0 Å². The van der Waals surface area contributed by atoms with Gasteiger partial charge in [0.25, 0.3) is 5.82 Å². The van der Waals surface area contributed by atoms with Crippen LogP contribution in [0.4, 0.5) is 0 Å². The van der Waals surface area contributed by atoms with E-state index >= 15 is 0 Å². The van der Waals surface area contributed by atoms with Gasteiger partial charge >= 0.3 is 0 Å². The highest BCUT2D eigenvalue weighted by molar-refractivity contribution is 4.84. The van der Waals surface area contributed by atoms with E-state index in [1.54, 1.807) is 5.82 Å². The Balaban J connectivity index is 2.14. The molecule has 2 heteroatoms. The molecule has 1 aromatic heterocycles. The largest absolute Gasteiger partial charge is 0.256 e. The van der Waals surface area contributed by atoms with E-state index in [2.05, 4.69) is 42.3 Å². The number of aromatic nitrogens is 2. The van der Waals surface area contributed by atoms with Crippen molar-refractivity contribution in [3.05, 3.63) is 18.2 Å². The van der Waals surface area contributed by atoms with Crippen molar-refractivity contribution in [2.45, 2.75) is 239 Å². The highest BCUT2D eigenvalue weighted by atomic mass is 15.1. The Morgan fingerprint density at radius 1 is 0.405 bits per heavy atom. The van der Waals surface area contributed by atoms with Crippen LogP contribution in [0.1, 0.15) is 226 Å². The first-order valence-electron chi connectivity index (χ1n) is 19.9. The smallest absolute Gasteiger partial charge is 0.234 e. The maximum Gasteiger partial charge on any atom is 0.256 e. The highest BCUT2D eigenvalue weighted by Gasteiger charge is 2.16. The second-order valence-electron chi connectivity index (χ2n) is 13.8. The van der Waals surface area contributed by atoms with E-state index in [9.17, 15) is 0 Å². The predicted molar refractivity (Wildman–Crippen MR) is 188 cm³/mol. The summed E-state index contributed by atoms with van der Waals surface area (Å²) in [4.78, 5) is 0. The Hall–Kier alpha value is -0.790. The van der Waals surface area contributed by atoms with E-state index in [0.29, 0.717) is 0 Å². The van der Waals surface area contributed by atoms with Crippen LogP contribution in [0.3, 0.4) is 0 Å². The lowest BCUT2D eigenvalue weighted by molar-refractivity contribution is -0.704. The molecule has 0 radical (unpaired) electrons. The van der Waals surface area contributed by atoms with Gasteiger partial charge in [0.15, 0.2) is 0 Å². The van der Waals surface area contributed by atoms with Crippen LogP contribution in [0, 0.1) is 0 Å². The SMILES string of the molecule is CCCCCCCCCCCCCCCCCC[n+]1ccn(CCCCCCCCCCCCC)c1CCCCCC. The van der Waals surface area contributed by atoms with E-state index in [4.69, 9.17) is 0 Å². The normalized spacial score (nSPS) is 11.6. The van der Waals surface area contributed by atoms with Crippen molar-refractivity contribution < 1.29 is 4.57 Å². The summed E-state index contributed by atoms with van der Waals surface area (Å²) in [5.41, 5.74) is 0. The number of rotatable bonds is 34. The first-order valence-corrected chi connectivity index (χ1v) is 19.9. The molecular formula is C40H79N2+. The number of imidazole rings is 1. The lowest BCUT2D eigenvalue weighted by atomic mass is 10.0. The van der Waals surface area contributed by atoms with Crippen LogP contribution in [0.5, 0.6) is 0 Å². The molecule has 0 aliphatic heterocycles. The van der Waals surface area contributed by atoms with Crippen LogP contribution < -0.4 is 4.57 Å². The molecule has 0 atom stereocenters. The Morgan fingerprint density at radius 3 is 1.14 bits per heavy atom. The average molecular weight is 588 g/mol. The van der Waals surface area contributed by atoms with Crippen molar-refractivity contribution in [1.82, 2.24) is 4.57 Å². The van der Waals surface area contributed by atoms with E-state index in [1.165, 1.54) is 219 Å². The van der Waals surface area contributed by atoms with E-state index in [-0.39, 0.29) is 0 Å². The van der Waals surface area contributed by atoms with Gasteiger partial charge in [-0.25, -0.2) is 9.13 Å². The lowest BCUT2D eigenvalue weighted by Crippen LogP contribution is -2.37. The molecule has 1 aromatic rings. The zero-order valence-corrected chi connectivity index (χ0v) is 29.6. The monoisotopic (exact) mass is 588 g/mol. The molecule has 0 aliphatic rings. The Morgan fingerprint density at radius 2 is 0.738 bits per heavy atom. The zero-order valence-electron chi connectivity index (χ0n) is 29.6. The Labute approximate surface area is 266 Å². The molecular weight excluding hydrogens is 508 g/mol. The summed E-state index contributed by atoms with van der Waals surface area (Å²) in [6.07, 6.45) is 50.4. The van der Waals surface area contributed by atoms with Crippen LogP contribution in [-0.4, -0.2) is 4.57 Å². The van der Waals surface area contributed by atoms with Crippen LogP contribution >= 0.6 is 0 Å². The first kappa shape index (κ1) is 39.2. The summed E-state index contributed by atoms with van der Waals surface area (Å²) in [5.74, 6) is 1.61. The molecule has 0 aliphatic carbocycles. The maximum atomic E-state index is 2.62. The quantitative estimate of drug-likeness (QED) is 0.0560. The lowest BCUT2D eigenvalue weighted by Gasteiger charge is -2.07. The summed E-state index contributed by atoms with van der Waals surface area (Å²) >= 11 is 0. The molecule has 0 amide bonds. The predicted octanol–water partition coefficient (Wildman–Crippen LogP) is 13.5. The second kappa shape index (κ2) is 31.6. The van der Waals surface area contributed by atoms with Crippen molar-refractivity contribution in [3.63, 3.8) is 0 Å². The molecule has 0 saturated heterocycles. The minimum Gasteiger partial charge on any atom is -0.234 e. The van der Waals surface area contributed by atoms with Crippen LogP contribution in [0.2, 0.25) is 0 Å². The fourth-order valence-electron chi connectivity index (χ4n) is 6.68.